The van der Waals surface area contributed by atoms with Gasteiger partial charge in [-0.3, -0.25) is 4.79 Å². The summed E-state index contributed by atoms with van der Waals surface area (Å²) in [5.74, 6) is -1.47. The molecule has 4 nitrogen and oxygen atoms in total. The number of rotatable bonds is 2. The van der Waals surface area contributed by atoms with Gasteiger partial charge in [-0.1, -0.05) is 19.9 Å². The lowest BCUT2D eigenvalue weighted by Gasteiger charge is -1.97. The van der Waals surface area contributed by atoms with E-state index in [9.17, 15) is 9.59 Å². The first-order chi connectivity index (χ1) is 6.94. The van der Waals surface area contributed by atoms with Gasteiger partial charge in [0.25, 0.3) is 0 Å². The van der Waals surface area contributed by atoms with E-state index in [0.717, 1.165) is 0 Å². The lowest BCUT2D eigenvalue weighted by Crippen LogP contribution is -2.03. The molecule has 1 heterocycles. The molecule has 1 saturated heterocycles. The molecule has 2 fully saturated rings. The maximum atomic E-state index is 11.2. The Labute approximate surface area is 87.9 Å². The van der Waals surface area contributed by atoms with E-state index in [1.807, 2.05) is 13.8 Å². The summed E-state index contributed by atoms with van der Waals surface area (Å²) in [6.45, 7) is 4.25. The molecule has 0 bridgehead atoms. The molecule has 1 saturated carbocycles. The average molecular weight is 210 g/mol. The Morgan fingerprint density at radius 2 is 2.27 bits per heavy atom. The molecule has 82 valence electrons. The summed E-state index contributed by atoms with van der Waals surface area (Å²) in [7, 11) is 0. The third-order valence-corrected chi connectivity index (χ3v) is 3.42. The Morgan fingerprint density at radius 3 is 2.67 bits per heavy atom. The second-order valence-electron chi connectivity index (χ2n) is 4.74. The molecule has 2 rings (SSSR count). The standard InChI is InChI=1S/C11H14O4/c1-11(2)7(8(11)9(12)13)5-6-3-4-15-10(6)14/h5,7-8H,3-4H2,1-2H3,(H,12,13)/t7-,8+/m1/s1. The second-order valence-corrected chi connectivity index (χ2v) is 4.74. The highest BCUT2D eigenvalue weighted by molar-refractivity contribution is 5.90. The third kappa shape index (κ3) is 1.54. The molecular formula is C11H14O4. The Morgan fingerprint density at radius 1 is 1.60 bits per heavy atom. The number of carboxylic acid groups (broad SMARTS) is 1. The molecule has 0 aromatic rings. The highest BCUT2D eigenvalue weighted by atomic mass is 16.5. The van der Waals surface area contributed by atoms with Crippen molar-refractivity contribution in [3.8, 4) is 0 Å². The number of cyclic esters (lactones) is 1. The molecule has 0 aromatic carbocycles. The number of allylic oxidation sites excluding steroid dienone is 1. The first-order valence-electron chi connectivity index (χ1n) is 5.05. The van der Waals surface area contributed by atoms with Crippen LogP contribution in [-0.4, -0.2) is 23.7 Å². The van der Waals surface area contributed by atoms with Crippen molar-refractivity contribution >= 4 is 11.9 Å². The van der Waals surface area contributed by atoms with Crippen LogP contribution in [0.4, 0.5) is 0 Å². The first kappa shape index (κ1) is 10.2. The number of carbonyl (C=O) groups excluding carboxylic acids is 1. The molecule has 0 aromatic heterocycles. The summed E-state index contributed by atoms with van der Waals surface area (Å²) in [5, 5.41) is 8.95. The molecule has 0 radical (unpaired) electrons. The van der Waals surface area contributed by atoms with Gasteiger partial charge >= 0.3 is 11.9 Å². The van der Waals surface area contributed by atoms with Gasteiger partial charge in [0.15, 0.2) is 0 Å². The molecule has 0 amide bonds. The number of hydrogen-bond acceptors (Lipinski definition) is 3. The summed E-state index contributed by atoms with van der Waals surface area (Å²) < 4.78 is 4.80. The normalized spacial score (nSPS) is 35.3. The number of esters is 1. The van der Waals surface area contributed by atoms with Crippen LogP contribution in [0, 0.1) is 17.3 Å². The molecule has 1 aliphatic heterocycles. The predicted octanol–water partition coefficient (Wildman–Crippen LogP) is 1.22. The molecule has 1 N–H and O–H groups in total. The van der Waals surface area contributed by atoms with E-state index < -0.39 is 5.97 Å². The van der Waals surface area contributed by atoms with Crippen molar-refractivity contribution in [2.75, 3.05) is 6.61 Å². The van der Waals surface area contributed by atoms with E-state index >= 15 is 0 Å². The van der Waals surface area contributed by atoms with Crippen molar-refractivity contribution in [3.05, 3.63) is 11.6 Å². The Balaban J connectivity index is 2.15. The highest BCUT2D eigenvalue weighted by Gasteiger charge is 2.61. The van der Waals surface area contributed by atoms with Crippen LogP contribution < -0.4 is 0 Å². The molecule has 1 aliphatic carbocycles. The SMILES string of the molecule is CC1(C)[C@H](C=C2CCOC2=O)[C@H]1C(=O)O. The van der Waals surface area contributed by atoms with Crippen molar-refractivity contribution in [2.45, 2.75) is 20.3 Å². The topological polar surface area (TPSA) is 63.6 Å². The van der Waals surface area contributed by atoms with Crippen molar-refractivity contribution in [2.24, 2.45) is 17.3 Å². The zero-order chi connectivity index (χ0) is 11.2. The summed E-state index contributed by atoms with van der Waals surface area (Å²) in [5.41, 5.74) is 0.402. The maximum absolute atomic E-state index is 11.2. The minimum absolute atomic E-state index is 0.0318. The van der Waals surface area contributed by atoms with Gasteiger partial charge in [-0.2, -0.15) is 0 Å². The van der Waals surface area contributed by atoms with Gasteiger partial charge in [0.05, 0.1) is 12.5 Å². The van der Waals surface area contributed by atoms with Gasteiger partial charge in [0.2, 0.25) is 0 Å². The molecule has 0 unspecified atom stereocenters. The van der Waals surface area contributed by atoms with E-state index in [1.54, 1.807) is 6.08 Å². The lowest BCUT2D eigenvalue weighted by molar-refractivity contribution is -0.139. The van der Waals surface area contributed by atoms with Gasteiger partial charge in [-0.05, 0) is 11.3 Å². The van der Waals surface area contributed by atoms with Gasteiger partial charge < -0.3 is 9.84 Å². The maximum Gasteiger partial charge on any atom is 0.333 e. The Kier molecular flexibility index (Phi) is 2.10. The fourth-order valence-corrected chi connectivity index (χ4v) is 2.28. The van der Waals surface area contributed by atoms with E-state index in [1.165, 1.54) is 0 Å². The van der Waals surface area contributed by atoms with Crippen molar-refractivity contribution in [1.82, 2.24) is 0 Å². The van der Waals surface area contributed by atoms with E-state index in [2.05, 4.69) is 0 Å². The molecule has 2 aliphatic rings. The quantitative estimate of drug-likeness (QED) is 0.549. The minimum Gasteiger partial charge on any atom is -0.481 e. The van der Waals surface area contributed by atoms with E-state index in [-0.39, 0.29) is 23.2 Å². The number of hydrogen-bond donors (Lipinski definition) is 1. The number of carboxylic acids is 1. The first-order valence-corrected chi connectivity index (χ1v) is 5.05. The van der Waals surface area contributed by atoms with Gasteiger partial charge in [-0.25, -0.2) is 4.79 Å². The van der Waals surface area contributed by atoms with Crippen LogP contribution in [0.25, 0.3) is 0 Å². The molecular weight excluding hydrogens is 196 g/mol. The van der Waals surface area contributed by atoms with Crippen molar-refractivity contribution in [3.63, 3.8) is 0 Å². The zero-order valence-electron chi connectivity index (χ0n) is 8.82. The molecule has 15 heavy (non-hydrogen) atoms. The fraction of sp³-hybridized carbons (Fsp3) is 0.636. The van der Waals surface area contributed by atoms with E-state index in [0.29, 0.717) is 18.6 Å². The van der Waals surface area contributed by atoms with Crippen LogP contribution in [0.1, 0.15) is 20.3 Å². The third-order valence-electron chi connectivity index (χ3n) is 3.42. The fourth-order valence-electron chi connectivity index (χ4n) is 2.28. The van der Waals surface area contributed by atoms with Crippen LogP contribution >= 0.6 is 0 Å². The van der Waals surface area contributed by atoms with Gasteiger partial charge in [0, 0.05) is 12.0 Å². The lowest BCUT2D eigenvalue weighted by atomic mass is 10.1. The summed E-state index contributed by atoms with van der Waals surface area (Å²) in [6, 6.07) is 0. The number of aliphatic carboxylic acids is 1. The van der Waals surface area contributed by atoms with Crippen LogP contribution in [0.15, 0.2) is 11.6 Å². The summed E-state index contributed by atoms with van der Waals surface area (Å²) in [6.07, 6.45) is 2.39. The highest BCUT2D eigenvalue weighted by Crippen LogP contribution is 2.59. The van der Waals surface area contributed by atoms with Crippen molar-refractivity contribution < 1.29 is 19.4 Å². The largest absolute Gasteiger partial charge is 0.481 e. The molecule has 2 atom stereocenters. The Hall–Kier alpha value is -1.32. The van der Waals surface area contributed by atoms with E-state index in [4.69, 9.17) is 9.84 Å². The Bertz CT molecular complexity index is 354. The number of ether oxygens (including phenoxy) is 1. The van der Waals surface area contributed by atoms with Gasteiger partial charge in [-0.15, -0.1) is 0 Å². The smallest absolute Gasteiger partial charge is 0.333 e. The van der Waals surface area contributed by atoms with Gasteiger partial charge in [0.1, 0.15) is 0 Å². The zero-order valence-corrected chi connectivity index (χ0v) is 8.82. The average Bonchev–Trinajstić information content (AvgIpc) is 2.47. The van der Waals surface area contributed by atoms with Crippen molar-refractivity contribution in [1.29, 1.82) is 0 Å². The number of carbonyl (C=O) groups is 2. The van der Waals surface area contributed by atoms with Crippen LogP contribution in [0.5, 0.6) is 0 Å². The monoisotopic (exact) mass is 210 g/mol. The molecule has 4 heteroatoms. The summed E-state index contributed by atoms with van der Waals surface area (Å²) >= 11 is 0. The van der Waals surface area contributed by atoms with Crippen LogP contribution in [0.3, 0.4) is 0 Å². The summed E-state index contributed by atoms with van der Waals surface area (Å²) in [4.78, 5) is 22.1. The van der Waals surface area contributed by atoms with Crippen LogP contribution in [-0.2, 0) is 14.3 Å². The molecule has 0 spiro atoms. The van der Waals surface area contributed by atoms with Crippen LogP contribution in [0.2, 0.25) is 0 Å². The minimum atomic E-state index is -0.784. The second kappa shape index (κ2) is 3.08. The predicted molar refractivity (Wildman–Crippen MR) is 52.1 cm³/mol.